The van der Waals surface area contributed by atoms with E-state index in [-0.39, 0.29) is 21.6 Å². The van der Waals surface area contributed by atoms with Gasteiger partial charge in [0.2, 0.25) is 0 Å². The molecule has 0 saturated carbocycles. The lowest BCUT2D eigenvalue weighted by atomic mass is 9.97. The maximum atomic E-state index is 13.7. The summed E-state index contributed by atoms with van der Waals surface area (Å²) < 4.78 is 36.5. The molecule has 0 saturated heterocycles. The van der Waals surface area contributed by atoms with Gasteiger partial charge in [-0.3, -0.25) is 0 Å². The predicted molar refractivity (Wildman–Crippen MR) is 76.6 cm³/mol. The monoisotopic (exact) mass is 308 g/mol. The maximum absolute atomic E-state index is 13.7. The van der Waals surface area contributed by atoms with Crippen LogP contribution in [0.1, 0.15) is 15.9 Å². The molecule has 0 unspecified atom stereocenters. The first-order valence-corrected chi connectivity index (χ1v) is 7.93. The highest BCUT2D eigenvalue weighted by Crippen LogP contribution is 2.27. The molecule has 0 fully saturated rings. The van der Waals surface area contributed by atoms with Crippen molar-refractivity contribution in [2.24, 2.45) is 0 Å². The number of sulfone groups is 1. The van der Waals surface area contributed by atoms with E-state index < -0.39 is 21.6 Å². The molecule has 0 aliphatic heterocycles. The summed E-state index contributed by atoms with van der Waals surface area (Å²) in [5, 5.41) is 9.21. The van der Waals surface area contributed by atoms with Crippen LogP contribution in [0.3, 0.4) is 0 Å². The van der Waals surface area contributed by atoms with Crippen molar-refractivity contribution in [3.05, 3.63) is 53.3 Å². The summed E-state index contributed by atoms with van der Waals surface area (Å²) in [6.45, 7) is 1.48. The van der Waals surface area contributed by atoms with Crippen LogP contribution in [0.5, 0.6) is 0 Å². The molecule has 0 aliphatic rings. The van der Waals surface area contributed by atoms with Crippen LogP contribution in [0.25, 0.3) is 11.1 Å². The molecule has 0 heterocycles. The summed E-state index contributed by atoms with van der Waals surface area (Å²) in [4.78, 5) is 11.4. The first kappa shape index (κ1) is 15.2. The van der Waals surface area contributed by atoms with E-state index in [2.05, 4.69) is 0 Å². The number of carboxylic acids is 1. The molecule has 1 N–H and O–H groups in total. The van der Waals surface area contributed by atoms with Crippen LogP contribution in [-0.4, -0.2) is 25.7 Å². The fraction of sp³-hybridized carbons (Fsp3) is 0.133. The Morgan fingerprint density at radius 1 is 1.14 bits per heavy atom. The second-order valence-corrected chi connectivity index (χ2v) is 6.76. The number of hydrogen-bond donors (Lipinski definition) is 1. The fourth-order valence-electron chi connectivity index (χ4n) is 1.98. The average molecular weight is 308 g/mol. The van der Waals surface area contributed by atoms with Gasteiger partial charge in [-0.1, -0.05) is 12.1 Å². The minimum absolute atomic E-state index is 0.0268. The summed E-state index contributed by atoms with van der Waals surface area (Å²) >= 11 is 0. The number of halogens is 1. The van der Waals surface area contributed by atoms with Crippen LogP contribution >= 0.6 is 0 Å². The Balaban J connectivity index is 2.61. The van der Waals surface area contributed by atoms with E-state index in [0.29, 0.717) is 5.56 Å². The van der Waals surface area contributed by atoms with Crippen molar-refractivity contribution in [1.82, 2.24) is 0 Å². The van der Waals surface area contributed by atoms with Crippen molar-refractivity contribution in [2.75, 3.05) is 6.26 Å². The van der Waals surface area contributed by atoms with Crippen LogP contribution in [0.4, 0.5) is 4.39 Å². The van der Waals surface area contributed by atoms with Crippen molar-refractivity contribution >= 4 is 15.8 Å². The van der Waals surface area contributed by atoms with E-state index in [9.17, 15) is 22.7 Å². The summed E-state index contributed by atoms with van der Waals surface area (Å²) in [6.07, 6.45) is 1.08. The number of rotatable bonds is 3. The lowest BCUT2D eigenvalue weighted by Gasteiger charge is -2.09. The second kappa shape index (κ2) is 5.29. The minimum Gasteiger partial charge on any atom is -0.478 e. The predicted octanol–water partition coefficient (Wildman–Crippen LogP) is 2.90. The standard InChI is InChI=1S/C15H13FO4S/c1-9-7-13(15(17)18)12(8-14(9)16)10-3-5-11(6-4-10)21(2,19)20/h3-8H,1-2H3,(H,17,18). The Bertz CT molecular complexity index is 808. The van der Waals surface area contributed by atoms with Crippen molar-refractivity contribution in [1.29, 1.82) is 0 Å². The third kappa shape index (κ3) is 3.11. The van der Waals surface area contributed by atoms with Crippen molar-refractivity contribution in [3.8, 4) is 11.1 Å². The van der Waals surface area contributed by atoms with Gasteiger partial charge in [-0.15, -0.1) is 0 Å². The van der Waals surface area contributed by atoms with Crippen LogP contribution in [0.2, 0.25) is 0 Å². The summed E-state index contributed by atoms with van der Waals surface area (Å²) in [7, 11) is -3.33. The zero-order chi connectivity index (χ0) is 15.8. The van der Waals surface area contributed by atoms with Gasteiger partial charge in [-0.05, 0) is 47.9 Å². The van der Waals surface area contributed by atoms with Gasteiger partial charge in [-0.25, -0.2) is 17.6 Å². The highest BCUT2D eigenvalue weighted by Gasteiger charge is 2.15. The molecule has 6 heteroatoms. The number of aromatic carboxylic acids is 1. The van der Waals surface area contributed by atoms with E-state index in [0.717, 1.165) is 12.3 Å². The Morgan fingerprint density at radius 2 is 1.71 bits per heavy atom. The molecule has 0 spiro atoms. The zero-order valence-electron chi connectivity index (χ0n) is 11.4. The lowest BCUT2D eigenvalue weighted by Crippen LogP contribution is -2.02. The van der Waals surface area contributed by atoms with Gasteiger partial charge in [0.1, 0.15) is 5.82 Å². The van der Waals surface area contributed by atoms with Crippen LogP contribution in [0.15, 0.2) is 41.3 Å². The molecule has 0 aliphatic carbocycles. The molecule has 110 valence electrons. The molecule has 0 radical (unpaired) electrons. The van der Waals surface area contributed by atoms with Gasteiger partial charge in [-0.2, -0.15) is 0 Å². The average Bonchev–Trinajstić information content (AvgIpc) is 2.40. The van der Waals surface area contributed by atoms with E-state index in [1.807, 2.05) is 0 Å². The molecule has 0 amide bonds. The Kier molecular flexibility index (Phi) is 3.82. The normalized spacial score (nSPS) is 11.4. The highest BCUT2D eigenvalue weighted by molar-refractivity contribution is 7.90. The van der Waals surface area contributed by atoms with Gasteiger partial charge < -0.3 is 5.11 Å². The molecule has 2 aromatic carbocycles. The second-order valence-electron chi connectivity index (χ2n) is 4.75. The number of aryl methyl sites for hydroxylation is 1. The fourth-order valence-corrected chi connectivity index (χ4v) is 2.61. The molecular weight excluding hydrogens is 295 g/mol. The maximum Gasteiger partial charge on any atom is 0.336 e. The number of hydrogen-bond acceptors (Lipinski definition) is 3. The van der Waals surface area contributed by atoms with Crippen molar-refractivity contribution < 1.29 is 22.7 Å². The molecule has 0 aromatic heterocycles. The van der Waals surface area contributed by atoms with Gasteiger partial charge in [0, 0.05) is 6.26 Å². The Labute approximate surface area is 121 Å². The minimum atomic E-state index is -3.33. The summed E-state index contributed by atoms with van der Waals surface area (Å²) in [5.41, 5.74) is 0.870. The quantitative estimate of drug-likeness (QED) is 0.946. The lowest BCUT2D eigenvalue weighted by molar-refractivity contribution is 0.0697. The van der Waals surface area contributed by atoms with Crippen molar-refractivity contribution in [2.45, 2.75) is 11.8 Å². The van der Waals surface area contributed by atoms with E-state index in [1.54, 1.807) is 0 Å². The molecular formula is C15H13FO4S. The molecule has 4 nitrogen and oxygen atoms in total. The van der Waals surface area contributed by atoms with E-state index in [1.165, 1.54) is 37.3 Å². The summed E-state index contributed by atoms with van der Waals surface area (Å²) in [5.74, 6) is -1.68. The van der Waals surface area contributed by atoms with Crippen LogP contribution < -0.4 is 0 Å². The van der Waals surface area contributed by atoms with E-state index >= 15 is 0 Å². The van der Waals surface area contributed by atoms with E-state index in [4.69, 9.17) is 0 Å². The molecule has 0 atom stereocenters. The first-order chi connectivity index (χ1) is 9.70. The third-order valence-corrected chi connectivity index (χ3v) is 4.25. The molecule has 21 heavy (non-hydrogen) atoms. The largest absolute Gasteiger partial charge is 0.478 e. The topological polar surface area (TPSA) is 71.4 Å². The molecule has 0 bridgehead atoms. The Hall–Kier alpha value is -2.21. The van der Waals surface area contributed by atoms with Crippen LogP contribution in [-0.2, 0) is 9.84 Å². The van der Waals surface area contributed by atoms with Crippen LogP contribution in [0, 0.1) is 12.7 Å². The molecule has 2 aromatic rings. The molecule has 2 rings (SSSR count). The SMILES string of the molecule is Cc1cc(C(=O)O)c(-c2ccc(S(C)(=O)=O)cc2)cc1F. The zero-order valence-corrected chi connectivity index (χ0v) is 12.2. The highest BCUT2D eigenvalue weighted by atomic mass is 32.2. The number of carbonyl (C=O) groups is 1. The summed E-state index contributed by atoms with van der Waals surface area (Å²) in [6, 6.07) is 8.08. The van der Waals surface area contributed by atoms with Gasteiger partial charge in [0.15, 0.2) is 9.84 Å². The third-order valence-electron chi connectivity index (χ3n) is 3.12. The number of carboxylic acid groups (broad SMARTS) is 1. The van der Waals surface area contributed by atoms with Gasteiger partial charge in [0.25, 0.3) is 0 Å². The van der Waals surface area contributed by atoms with Gasteiger partial charge >= 0.3 is 5.97 Å². The smallest absolute Gasteiger partial charge is 0.336 e. The van der Waals surface area contributed by atoms with Gasteiger partial charge in [0.05, 0.1) is 10.5 Å². The number of benzene rings is 2. The van der Waals surface area contributed by atoms with Crippen molar-refractivity contribution in [3.63, 3.8) is 0 Å². The first-order valence-electron chi connectivity index (χ1n) is 6.04. The Morgan fingerprint density at radius 3 is 2.19 bits per heavy atom.